The molecule has 6 nitrogen and oxygen atoms in total. The summed E-state index contributed by atoms with van der Waals surface area (Å²) >= 11 is 0. The number of nitrogen functional groups attached to an aromatic ring is 1. The first-order valence-corrected chi connectivity index (χ1v) is 5.72. The molecule has 0 amide bonds. The first kappa shape index (κ1) is 12.8. The highest BCUT2D eigenvalue weighted by Gasteiger charge is 2.11. The van der Waals surface area contributed by atoms with Crippen molar-refractivity contribution >= 4 is 22.7 Å². The third-order valence-corrected chi connectivity index (χ3v) is 2.73. The zero-order chi connectivity index (χ0) is 14.0. The van der Waals surface area contributed by atoms with Gasteiger partial charge in [0, 0.05) is 17.4 Å². The lowest BCUT2D eigenvalue weighted by Gasteiger charge is -2.10. The van der Waals surface area contributed by atoms with Gasteiger partial charge in [0.15, 0.2) is 0 Å². The molecular formula is C13H14N4O2. The maximum absolute atomic E-state index is 10.7. The third kappa shape index (κ3) is 2.79. The van der Waals surface area contributed by atoms with E-state index >= 15 is 0 Å². The quantitative estimate of drug-likeness (QED) is 0.501. The molecule has 3 N–H and O–H groups in total. The minimum absolute atomic E-state index is 0.0932. The van der Waals surface area contributed by atoms with Gasteiger partial charge in [0.05, 0.1) is 16.3 Å². The summed E-state index contributed by atoms with van der Waals surface area (Å²) in [6.45, 7) is 3.81. The number of nitrogens with two attached hydrogens (primary N) is 1. The number of nitro groups is 1. The van der Waals surface area contributed by atoms with Crippen molar-refractivity contribution in [1.82, 2.24) is 4.98 Å². The largest absolute Gasteiger partial charge is 0.393 e. The van der Waals surface area contributed by atoms with Crippen LogP contribution >= 0.6 is 0 Å². The van der Waals surface area contributed by atoms with Gasteiger partial charge in [-0.15, -0.1) is 0 Å². The second kappa shape index (κ2) is 4.93. The Kier molecular flexibility index (Phi) is 3.33. The van der Waals surface area contributed by atoms with Crippen LogP contribution in [0.25, 0.3) is 0 Å². The van der Waals surface area contributed by atoms with E-state index < -0.39 is 4.92 Å². The molecule has 0 saturated heterocycles. The van der Waals surface area contributed by atoms with Crippen LogP contribution in [0.5, 0.6) is 0 Å². The van der Waals surface area contributed by atoms with Gasteiger partial charge in [-0.2, -0.15) is 0 Å². The van der Waals surface area contributed by atoms with Crippen LogP contribution in [0.2, 0.25) is 0 Å². The number of aromatic nitrogens is 1. The Morgan fingerprint density at radius 1 is 1.26 bits per heavy atom. The average Bonchev–Trinajstić information content (AvgIpc) is 2.32. The summed E-state index contributed by atoms with van der Waals surface area (Å²) < 4.78 is 0. The Labute approximate surface area is 110 Å². The summed E-state index contributed by atoms with van der Waals surface area (Å²) in [6.07, 6.45) is 0. The number of hydrogen-bond acceptors (Lipinski definition) is 5. The number of hydrogen-bond donors (Lipinski definition) is 2. The maximum atomic E-state index is 10.7. The van der Waals surface area contributed by atoms with E-state index in [1.54, 1.807) is 6.07 Å². The second-order valence-electron chi connectivity index (χ2n) is 4.24. The van der Waals surface area contributed by atoms with Crippen molar-refractivity contribution in [3.8, 4) is 0 Å². The lowest BCUT2D eigenvalue weighted by molar-refractivity contribution is -0.383. The van der Waals surface area contributed by atoms with Crippen molar-refractivity contribution in [3.63, 3.8) is 0 Å². The van der Waals surface area contributed by atoms with Gasteiger partial charge in [-0.1, -0.05) is 0 Å². The van der Waals surface area contributed by atoms with Crippen molar-refractivity contribution in [2.45, 2.75) is 13.8 Å². The van der Waals surface area contributed by atoms with Gasteiger partial charge in [0.25, 0.3) is 5.69 Å². The van der Waals surface area contributed by atoms with Gasteiger partial charge in [-0.3, -0.25) is 15.1 Å². The van der Waals surface area contributed by atoms with E-state index in [9.17, 15) is 10.1 Å². The Morgan fingerprint density at radius 2 is 2.00 bits per heavy atom. The van der Waals surface area contributed by atoms with Gasteiger partial charge in [0.1, 0.15) is 5.69 Å². The number of benzene rings is 1. The molecule has 0 bridgehead atoms. The molecule has 2 rings (SSSR count). The monoisotopic (exact) mass is 258 g/mol. The fourth-order valence-electron chi connectivity index (χ4n) is 1.77. The molecule has 0 aliphatic carbocycles. The average molecular weight is 258 g/mol. The van der Waals surface area contributed by atoms with Crippen LogP contribution in [0.15, 0.2) is 30.3 Å². The van der Waals surface area contributed by atoms with E-state index in [1.165, 1.54) is 12.1 Å². The first-order chi connectivity index (χ1) is 8.97. The van der Waals surface area contributed by atoms with E-state index in [0.29, 0.717) is 5.69 Å². The predicted octanol–water partition coefficient (Wildman–Crippen LogP) is 2.93. The fourth-order valence-corrected chi connectivity index (χ4v) is 1.77. The summed E-state index contributed by atoms with van der Waals surface area (Å²) in [5, 5.41) is 13.8. The molecule has 1 aromatic heterocycles. The predicted molar refractivity (Wildman–Crippen MR) is 74.5 cm³/mol. The van der Waals surface area contributed by atoms with Crippen molar-refractivity contribution in [2.75, 3.05) is 11.1 Å². The molecule has 0 fully saturated rings. The summed E-state index contributed by atoms with van der Waals surface area (Å²) in [7, 11) is 0. The lowest BCUT2D eigenvalue weighted by atomic mass is 10.2. The maximum Gasteiger partial charge on any atom is 0.292 e. The Balaban J connectivity index is 2.29. The number of nitro benzene ring substituents is 1. The normalized spacial score (nSPS) is 10.2. The minimum atomic E-state index is -0.502. The van der Waals surface area contributed by atoms with E-state index in [1.807, 2.05) is 26.0 Å². The van der Waals surface area contributed by atoms with Crippen LogP contribution in [0.4, 0.5) is 22.7 Å². The van der Waals surface area contributed by atoms with Crippen LogP contribution in [0.1, 0.15) is 11.4 Å². The van der Waals surface area contributed by atoms with Gasteiger partial charge >= 0.3 is 0 Å². The Morgan fingerprint density at radius 3 is 2.58 bits per heavy atom. The van der Waals surface area contributed by atoms with Crippen LogP contribution in [0.3, 0.4) is 0 Å². The smallest absolute Gasteiger partial charge is 0.292 e. The molecule has 0 saturated carbocycles. The minimum Gasteiger partial charge on any atom is -0.393 e. The second-order valence-corrected chi connectivity index (χ2v) is 4.24. The standard InChI is InChI=1S/C13H14N4O2/c1-8-3-5-12(9(2)15-8)16-10-4-6-13(17(18)19)11(14)7-10/h3-7,16H,14H2,1-2H3. The highest BCUT2D eigenvalue weighted by Crippen LogP contribution is 2.27. The van der Waals surface area contributed by atoms with Gasteiger partial charge < -0.3 is 11.1 Å². The first-order valence-electron chi connectivity index (χ1n) is 5.72. The molecule has 0 atom stereocenters. The number of pyridine rings is 1. The van der Waals surface area contributed by atoms with Crippen molar-refractivity contribution in [2.24, 2.45) is 0 Å². The van der Waals surface area contributed by atoms with Gasteiger partial charge in [-0.05, 0) is 38.1 Å². The van der Waals surface area contributed by atoms with Crippen LogP contribution in [-0.4, -0.2) is 9.91 Å². The van der Waals surface area contributed by atoms with E-state index in [4.69, 9.17) is 5.73 Å². The number of anilines is 3. The summed E-state index contributed by atoms with van der Waals surface area (Å²) in [4.78, 5) is 14.5. The van der Waals surface area contributed by atoms with Crippen molar-refractivity contribution in [3.05, 3.63) is 51.8 Å². The molecule has 6 heteroatoms. The van der Waals surface area contributed by atoms with E-state index in [2.05, 4.69) is 10.3 Å². The molecule has 0 aliphatic rings. The molecule has 2 aromatic rings. The number of aryl methyl sites for hydroxylation is 2. The fraction of sp³-hybridized carbons (Fsp3) is 0.154. The summed E-state index contributed by atoms with van der Waals surface area (Å²) in [5.74, 6) is 0. The Hall–Kier alpha value is -2.63. The highest BCUT2D eigenvalue weighted by atomic mass is 16.6. The van der Waals surface area contributed by atoms with Gasteiger partial charge in [0.2, 0.25) is 0 Å². The van der Waals surface area contributed by atoms with E-state index in [-0.39, 0.29) is 11.4 Å². The molecule has 1 aromatic carbocycles. The van der Waals surface area contributed by atoms with Crippen molar-refractivity contribution < 1.29 is 4.92 Å². The zero-order valence-electron chi connectivity index (χ0n) is 10.7. The number of rotatable bonds is 3. The zero-order valence-corrected chi connectivity index (χ0v) is 10.7. The third-order valence-electron chi connectivity index (χ3n) is 2.73. The molecule has 19 heavy (non-hydrogen) atoms. The van der Waals surface area contributed by atoms with E-state index in [0.717, 1.165) is 17.1 Å². The Bertz CT molecular complexity index is 641. The molecule has 0 unspecified atom stereocenters. The van der Waals surface area contributed by atoms with Crippen LogP contribution < -0.4 is 11.1 Å². The molecule has 0 radical (unpaired) electrons. The molecule has 0 spiro atoms. The highest BCUT2D eigenvalue weighted by molar-refractivity contribution is 5.70. The number of nitrogens with zero attached hydrogens (tertiary/aromatic N) is 2. The molecule has 0 aliphatic heterocycles. The van der Waals surface area contributed by atoms with Gasteiger partial charge in [-0.25, -0.2) is 0 Å². The lowest BCUT2D eigenvalue weighted by Crippen LogP contribution is -1.99. The number of nitrogens with one attached hydrogen (secondary N) is 1. The summed E-state index contributed by atoms with van der Waals surface area (Å²) in [5.41, 5.74) is 9.01. The topological polar surface area (TPSA) is 94.1 Å². The van der Waals surface area contributed by atoms with Crippen LogP contribution in [-0.2, 0) is 0 Å². The van der Waals surface area contributed by atoms with Crippen molar-refractivity contribution in [1.29, 1.82) is 0 Å². The molecule has 1 heterocycles. The molecular weight excluding hydrogens is 244 g/mol. The molecule has 98 valence electrons. The summed E-state index contributed by atoms with van der Waals surface area (Å²) in [6, 6.07) is 8.35. The van der Waals surface area contributed by atoms with Crippen LogP contribution in [0, 0.1) is 24.0 Å². The SMILES string of the molecule is Cc1ccc(Nc2ccc([N+](=O)[O-])c(N)c2)c(C)n1.